The number of hydrogen-bond donors (Lipinski definition) is 0. The number of rotatable bonds is 1. The molecule has 0 radical (unpaired) electrons. The Bertz CT molecular complexity index is 438. The highest BCUT2D eigenvalue weighted by molar-refractivity contribution is 5.84. The van der Waals surface area contributed by atoms with E-state index < -0.39 is 0 Å². The fourth-order valence-electron chi connectivity index (χ4n) is 1.96. The van der Waals surface area contributed by atoms with Crippen LogP contribution >= 0.6 is 0 Å². The van der Waals surface area contributed by atoms with E-state index in [0.717, 1.165) is 6.42 Å². The Morgan fingerprint density at radius 3 is 2.77 bits per heavy atom. The molecule has 0 saturated carbocycles. The molecule has 0 aliphatic heterocycles. The molecule has 0 spiro atoms. The Kier molecular flexibility index (Phi) is 1.87. The second kappa shape index (κ2) is 2.91. The summed E-state index contributed by atoms with van der Waals surface area (Å²) in [5.41, 5.74) is 4.16. The smallest absolute Gasteiger partial charge is 0.0507 e. The maximum atomic E-state index is 2.28. The molecule has 0 aliphatic carbocycles. The molecule has 1 heteroatoms. The molecule has 1 heterocycles. The molecule has 0 unspecified atom stereocenters. The van der Waals surface area contributed by atoms with Gasteiger partial charge in [-0.1, -0.05) is 13.0 Å². The number of nitrogens with zero attached hydrogens (tertiary/aromatic N) is 1. The van der Waals surface area contributed by atoms with E-state index in [9.17, 15) is 0 Å². The Labute approximate surface area is 79.0 Å². The quantitative estimate of drug-likeness (QED) is 0.624. The van der Waals surface area contributed by atoms with Crippen LogP contribution in [0.5, 0.6) is 0 Å². The van der Waals surface area contributed by atoms with E-state index in [0.29, 0.717) is 0 Å². The van der Waals surface area contributed by atoms with Crippen molar-refractivity contribution in [1.82, 2.24) is 4.57 Å². The highest BCUT2D eigenvalue weighted by atomic mass is 14.9. The van der Waals surface area contributed by atoms with Crippen LogP contribution in [0.2, 0.25) is 0 Å². The van der Waals surface area contributed by atoms with Gasteiger partial charge in [-0.2, -0.15) is 0 Å². The normalized spacial score (nSPS) is 11.0. The van der Waals surface area contributed by atoms with Gasteiger partial charge in [0, 0.05) is 18.6 Å². The first-order valence-corrected chi connectivity index (χ1v) is 4.77. The predicted molar refractivity (Wildman–Crippen MR) is 57.0 cm³/mol. The summed E-state index contributed by atoms with van der Waals surface area (Å²) >= 11 is 0. The van der Waals surface area contributed by atoms with Crippen molar-refractivity contribution in [3.8, 4) is 0 Å². The van der Waals surface area contributed by atoms with Crippen LogP contribution in [0, 0.1) is 6.92 Å². The van der Waals surface area contributed by atoms with Crippen LogP contribution < -0.4 is 0 Å². The fourth-order valence-corrected chi connectivity index (χ4v) is 1.96. The molecule has 2 rings (SSSR count). The largest absolute Gasteiger partial charge is 0.350 e. The fraction of sp³-hybridized carbons (Fsp3) is 0.333. The Hall–Kier alpha value is -1.24. The molecule has 0 N–H and O–H groups in total. The average Bonchev–Trinajstić information content (AvgIpc) is 2.48. The lowest BCUT2D eigenvalue weighted by Gasteiger charge is -2.04. The molecule has 2 aromatic rings. The number of aryl methyl sites for hydroxylation is 3. The second-order valence-electron chi connectivity index (χ2n) is 3.63. The second-order valence-corrected chi connectivity index (χ2v) is 3.63. The van der Waals surface area contributed by atoms with Crippen molar-refractivity contribution in [1.29, 1.82) is 0 Å². The first-order chi connectivity index (χ1) is 6.22. The van der Waals surface area contributed by atoms with Crippen molar-refractivity contribution in [2.24, 2.45) is 7.05 Å². The van der Waals surface area contributed by atoms with E-state index in [1.807, 2.05) is 0 Å². The van der Waals surface area contributed by atoms with Gasteiger partial charge in [-0.25, -0.2) is 0 Å². The zero-order chi connectivity index (χ0) is 9.42. The zero-order valence-electron chi connectivity index (χ0n) is 8.46. The van der Waals surface area contributed by atoms with Crippen LogP contribution in [-0.4, -0.2) is 4.57 Å². The molecule has 0 fully saturated rings. The van der Waals surface area contributed by atoms with Gasteiger partial charge < -0.3 is 4.57 Å². The lowest BCUT2D eigenvalue weighted by atomic mass is 10.1. The van der Waals surface area contributed by atoms with Crippen molar-refractivity contribution in [3.63, 3.8) is 0 Å². The molecule has 0 saturated heterocycles. The third kappa shape index (κ3) is 1.24. The molecule has 68 valence electrons. The van der Waals surface area contributed by atoms with E-state index in [-0.39, 0.29) is 0 Å². The van der Waals surface area contributed by atoms with Crippen molar-refractivity contribution < 1.29 is 0 Å². The zero-order valence-corrected chi connectivity index (χ0v) is 8.46. The Balaban J connectivity index is 2.79. The van der Waals surface area contributed by atoms with E-state index >= 15 is 0 Å². The first kappa shape index (κ1) is 8.36. The average molecular weight is 173 g/mol. The maximum Gasteiger partial charge on any atom is 0.0507 e. The predicted octanol–water partition coefficient (Wildman–Crippen LogP) is 3.05. The van der Waals surface area contributed by atoms with E-state index in [2.05, 4.69) is 49.9 Å². The molecular formula is C12H15N. The lowest BCUT2D eigenvalue weighted by molar-refractivity contribution is 0.963. The summed E-state index contributed by atoms with van der Waals surface area (Å²) < 4.78 is 2.18. The minimum absolute atomic E-state index is 1.12. The minimum Gasteiger partial charge on any atom is -0.350 e. The summed E-state index contributed by atoms with van der Waals surface area (Å²) in [6.45, 7) is 4.38. The summed E-state index contributed by atoms with van der Waals surface area (Å²) in [4.78, 5) is 0. The van der Waals surface area contributed by atoms with E-state index in [1.54, 1.807) is 0 Å². The third-order valence-electron chi connectivity index (χ3n) is 2.63. The Morgan fingerprint density at radius 2 is 2.08 bits per heavy atom. The van der Waals surface area contributed by atoms with Crippen LogP contribution in [0.3, 0.4) is 0 Å². The molecule has 13 heavy (non-hydrogen) atoms. The van der Waals surface area contributed by atoms with Gasteiger partial charge >= 0.3 is 0 Å². The SMILES string of the molecule is CCc1cc(C)c2c(ccn2C)c1. The first-order valence-electron chi connectivity index (χ1n) is 4.77. The number of hydrogen-bond acceptors (Lipinski definition) is 0. The third-order valence-corrected chi connectivity index (χ3v) is 2.63. The minimum atomic E-state index is 1.12. The van der Waals surface area contributed by atoms with Gasteiger partial charge in [0.25, 0.3) is 0 Å². The Morgan fingerprint density at radius 1 is 1.31 bits per heavy atom. The van der Waals surface area contributed by atoms with Crippen LogP contribution in [0.4, 0.5) is 0 Å². The lowest BCUT2D eigenvalue weighted by Crippen LogP contribution is -1.89. The molecule has 0 amide bonds. The van der Waals surface area contributed by atoms with Gasteiger partial charge in [-0.05, 0) is 36.6 Å². The van der Waals surface area contributed by atoms with Gasteiger partial charge in [-0.15, -0.1) is 0 Å². The summed E-state index contributed by atoms with van der Waals surface area (Å²) in [5.74, 6) is 0. The summed E-state index contributed by atoms with van der Waals surface area (Å²) in [7, 11) is 2.10. The summed E-state index contributed by atoms with van der Waals surface area (Å²) in [6, 6.07) is 6.74. The van der Waals surface area contributed by atoms with Gasteiger partial charge in [0.05, 0.1) is 5.52 Å². The molecule has 0 bridgehead atoms. The van der Waals surface area contributed by atoms with Crippen LogP contribution in [0.1, 0.15) is 18.1 Å². The molecule has 1 nitrogen and oxygen atoms in total. The highest BCUT2D eigenvalue weighted by Crippen LogP contribution is 2.21. The van der Waals surface area contributed by atoms with Gasteiger partial charge in [-0.3, -0.25) is 0 Å². The standard InChI is InChI=1S/C12H15N/c1-4-10-7-9(2)12-11(8-10)5-6-13(12)3/h5-8H,4H2,1-3H3. The molecular weight excluding hydrogens is 158 g/mol. The van der Waals surface area contributed by atoms with Crippen LogP contribution in [-0.2, 0) is 13.5 Å². The van der Waals surface area contributed by atoms with Crippen LogP contribution in [0.15, 0.2) is 24.4 Å². The van der Waals surface area contributed by atoms with Crippen molar-refractivity contribution in [2.45, 2.75) is 20.3 Å². The molecule has 1 aromatic heterocycles. The van der Waals surface area contributed by atoms with E-state index in [1.165, 1.54) is 22.0 Å². The van der Waals surface area contributed by atoms with Crippen molar-refractivity contribution in [3.05, 3.63) is 35.5 Å². The van der Waals surface area contributed by atoms with Gasteiger partial charge in [0.15, 0.2) is 0 Å². The number of fused-ring (bicyclic) bond motifs is 1. The van der Waals surface area contributed by atoms with Crippen molar-refractivity contribution >= 4 is 10.9 Å². The summed E-state index contributed by atoms with van der Waals surface area (Å²) in [5, 5.41) is 1.36. The maximum absolute atomic E-state index is 2.28. The van der Waals surface area contributed by atoms with Gasteiger partial charge in [0.2, 0.25) is 0 Å². The molecule has 0 atom stereocenters. The summed E-state index contributed by atoms with van der Waals surface area (Å²) in [6.07, 6.45) is 3.24. The monoisotopic (exact) mass is 173 g/mol. The van der Waals surface area contributed by atoms with Crippen molar-refractivity contribution in [2.75, 3.05) is 0 Å². The topological polar surface area (TPSA) is 4.93 Å². The molecule has 1 aromatic carbocycles. The molecule has 0 aliphatic rings. The van der Waals surface area contributed by atoms with E-state index in [4.69, 9.17) is 0 Å². The van der Waals surface area contributed by atoms with Gasteiger partial charge in [0.1, 0.15) is 0 Å². The number of aromatic nitrogens is 1. The number of benzene rings is 1. The highest BCUT2D eigenvalue weighted by Gasteiger charge is 2.02. The van der Waals surface area contributed by atoms with Crippen LogP contribution in [0.25, 0.3) is 10.9 Å².